The number of carbonyl (C=O) groups excluding carboxylic acids is 1. The quantitative estimate of drug-likeness (QED) is 0.435. The Morgan fingerprint density at radius 3 is 2.19 bits per heavy atom. The summed E-state index contributed by atoms with van der Waals surface area (Å²) in [5.74, 6) is -0.191. The van der Waals surface area contributed by atoms with Crippen LogP contribution >= 0.6 is 0 Å². The zero-order chi connectivity index (χ0) is 22.3. The van der Waals surface area contributed by atoms with Crippen molar-refractivity contribution in [3.63, 3.8) is 0 Å². The highest BCUT2D eigenvalue weighted by Crippen LogP contribution is 2.19. The molecule has 3 rings (SSSR count). The molecule has 3 aromatic rings. The third-order valence-electron chi connectivity index (χ3n) is 4.93. The number of para-hydroxylation sites is 1. The fraction of sp³-hybridized carbons (Fsp3) is 0.208. The number of anilines is 2. The molecule has 6 nitrogen and oxygen atoms in total. The van der Waals surface area contributed by atoms with Crippen LogP contribution in [0.5, 0.6) is 0 Å². The van der Waals surface area contributed by atoms with Crippen LogP contribution in [0, 0.1) is 13.8 Å². The molecule has 0 spiro atoms. The van der Waals surface area contributed by atoms with E-state index in [-0.39, 0.29) is 10.8 Å². The van der Waals surface area contributed by atoms with Gasteiger partial charge in [-0.2, -0.15) is 0 Å². The summed E-state index contributed by atoms with van der Waals surface area (Å²) in [5, 5.41) is 6.16. The van der Waals surface area contributed by atoms with Gasteiger partial charge in [-0.3, -0.25) is 9.52 Å². The summed E-state index contributed by atoms with van der Waals surface area (Å²) >= 11 is 0. The number of rotatable bonds is 9. The standard InChI is InChI=1S/C24H27N3O3S/c1-18-9-14-23(17-19(18)2)31(29,30)27-22-12-10-20(11-13-22)24(28)26-16-6-15-25-21-7-4-3-5-8-21/h3-5,7-14,17,25,27H,6,15-16H2,1-2H3,(H,26,28). The highest BCUT2D eigenvalue weighted by molar-refractivity contribution is 7.92. The van der Waals surface area contributed by atoms with Gasteiger partial charge in [0.15, 0.2) is 0 Å². The van der Waals surface area contributed by atoms with E-state index in [1.807, 2.05) is 44.2 Å². The number of hydrogen-bond donors (Lipinski definition) is 3. The Hall–Kier alpha value is -3.32. The number of nitrogens with one attached hydrogen (secondary N) is 3. The van der Waals surface area contributed by atoms with Crippen molar-refractivity contribution in [2.45, 2.75) is 25.2 Å². The molecule has 0 atom stereocenters. The zero-order valence-corrected chi connectivity index (χ0v) is 18.5. The normalized spacial score (nSPS) is 11.0. The summed E-state index contributed by atoms with van der Waals surface area (Å²) < 4.78 is 27.7. The monoisotopic (exact) mass is 437 g/mol. The second-order valence-corrected chi connectivity index (χ2v) is 9.01. The highest BCUT2D eigenvalue weighted by atomic mass is 32.2. The van der Waals surface area contributed by atoms with E-state index in [2.05, 4.69) is 15.4 Å². The molecule has 0 saturated heterocycles. The number of carbonyl (C=O) groups is 1. The van der Waals surface area contributed by atoms with E-state index >= 15 is 0 Å². The molecule has 0 aliphatic rings. The molecule has 0 aromatic heterocycles. The minimum absolute atomic E-state index is 0.191. The van der Waals surface area contributed by atoms with Gasteiger partial charge in [-0.05, 0) is 79.9 Å². The van der Waals surface area contributed by atoms with Crippen LogP contribution < -0.4 is 15.4 Å². The molecule has 0 fully saturated rings. The summed E-state index contributed by atoms with van der Waals surface area (Å²) in [5.41, 5.74) is 3.87. The fourth-order valence-electron chi connectivity index (χ4n) is 2.97. The molecule has 0 bridgehead atoms. The highest BCUT2D eigenvalue weighted by Gasteiger charge is 2.15. The van der Waals surface area contributed by atoms with Crippen molar-refractivity contribution in [3.05, 3.63) is 89.5 Å². The molecule has 3 aromatic carbocycles. The molecular weight excluding hydrogens is 410 g/mol. The van der Waals surface area contributed by atoms with Gasteiger partial charge < -0.3 is 10.6 Å². The van der Waals surface area contributed by atoms with E-state index in [0.29, 0.717) is 17.8 Å². The first-order valence-corrected chi connectivity index (χ1v) is 11.6. The third-order valence-corrected chi connectivity index (χ3v) is 6.31. The molecule has 1 amide bonds. The Kier molecular flexibility index (Phi) is 7.31. The lowest BCUT2D eigenvalue weighted by molar-refractivity contribution is 0.0953. The van der Waals surface area contributed by atoms with Crippen LogP contribution in [-0.4, -0.2) is 27.4 Å². The Balaban J connectivity index is 1.49. The number of benzene rings is 3. The van der Waals surface area contributed by atoms with E-state index in [1.54, 1.807) is 42.5 Å². The molecule has 3 N–H and O–H groups in total. The average Bonchev–Trinajstić information content (AvgIpc) is 2.76. The van der Waals surface area contributed by atoms with Crippen molar-refractivity contribution in [3.8, 4) is 0 Å². The first kappa shape index (κ1) is 22.4. The van der Waals surface area contributed by atoms with Crippen molar-refractivity contribution >= 4 is 27.3 Å². The molecule has 0 unspecified atom stereocenters. The summed E-state index contributed by atoms with van der Waals surface area (Å²) in [6.07, 6.45) is 0.786. The summed E-state index contributed by atoms with van der Waals surface area (Å²) in [6, 6.07) is 21.3. The summed E-state index contributed by atoms with van der Waals surface area (Å²) in [4.78, 5) is 12.5. The van der Waals surface area contributed by atoms with Gasteiger partial charge in [0, 0.05) is 30.0 Å². The molecule has 7 heteroatoms. The van der Waals surface area contributed by atoms with Crippen LogP contribution in [0.15, 0.2) is 77.7 Å². The van der Waals surface area contributed by atoms with Gasteiger partial charge in [-0.25, -0.2) is 8.42 Å². The van der Waals surface area contributed by atoms with Crippen molar-refractivity contribution in [1.82, 2.24) is 5.32 Å². The number of sulfonamides is 1. The lowest BCUT2D eigenvalue weighted by Gasteiger charge is -2.11. The Morgan fingerprint density at radius 2 is 1.52 bits per heavy atom. The van der Waals surface area contributed by atoms with Crippen molar-refractivity contribution in [1.29, 1.82) is 0 Å². The lowest BCUT2D eigenvalue weighted by Crippen LogP contribution is -2.25. The van der Waals surface area contributed by atoms with Gasteiger partial charge in [0.1, 0.15) is 0 Å². The van der Waals surface area contributed by atoms with E-state index in [4.69, 9.17) is 0 Å². The van der Waals surface area contributed by atoms with Crippen molar-refractivity contribution in [2.75, 3.05) is 23.1 Å². The fourth-order valence-corrected chi connectivity index (χ4v) is 4.11. The minimum Gasteiger partial charge on any atom is -0.385 e. The number of amides is 1. The lowest BCUT2D eigenvalue weighted by atomic mass is 10.1. The molecule has 0 aliphatic heterocycles. The van der Waals surface area contributed by atoms with Crippen LogP contribution in [0.2, 0.25) is 0 Å². The van der Waals surface area contributed by atoms with Crippen LogP contribution in [0.3, 0.4) is 0 Å². The van der Waals surface area contributed by atoms with Crippen molar-refractivity contribution in [2.24, 2.45) is 0 Å². The second-order valence-electron chi connectivity index (χ2n) is 7.33. The van der Waals surface area contributed by atoms with Crippen LogP contribution in [0.25, 0.3) is 0 Å². The van der Waals surface area contributed by atoms with Crippen LogP contribution in [0.1, 0.15) is 27.9 Å². The predicted octanol–water partition coefficient (Wildman–Crippen LogP) is 4.34. The Labute approximate surface area is 183 Å². The first-order valence-electron chi connectivity index (χ1n) is 10.1. The van der Waals surface area contributed by atoms with Gasteiger partial charge >= 0.3 is 0 Å². The molecule has 162 valence electrons. The van der Waals surface area contributed by atoms with E-state index in [0.717, 1.165) is 29.8 Å². The first-order chi connectivity index (χ1) is 14.8. The molecule has 0 heterocycles. The summed E-state index contributed by atoms with van der Waals surface area (Å²) in [7, 11) is -3.69. The maximum Gasteiger partial charge on any atom is 0.261 e. The predicted molar refractivity (Wildman–Crippen MR) is 125 cm³/mol. The zero-order valence-electron chi connectivity index (χ0n) is 17.7. The smallest absolute Gasteiger partial charge is 0.261 e. The molecule has 0 aliphatic carbocycles. The molecule has 31 heavy (non-hydrogen) atoms. The van der Waals surface area contributed by atoms with Gasteiger partial charge in [0.05, 0.1) is 4.90 Å². The molecular formula is C24H27N3O3S. The van der Waals surface area contributed by atoms with Gasteiger partial charge in [-0.1, -0.05) is 24.3 Å². The van der Waals surface area contributed by atoms with Crippen molar-refractivity contribution < 1.29 is 13.2 Å². The number of aryl methyl sites for hydroxylation is 2. The maximum absolute atomic E-state index is 12.6. The van der Waals surface area contributed by atoms with E-state index < -0.39 is 10.0 Å². The van der Waals surface area contributed by atoms with E-state index in [1.165, 1.54) is 0 Å². The molecule has 0 saturated carbocycles. The van der Waals surface area contributed by atoms with Gasteiger partial charge in [-0.15, -0.1) is 0 Å². The van der Waals surface area contributed by atoms with Gasteiger partial charge in [0.25, 0.3) is 15.9 Å². The SMILES string of the molecule is Cc1ccc(S(=O)(=O)Nc2ccc(C(=O)NCCCNc3ccccc3)cc2)cc1C. The Morgan fingerprint density at radius 1 is 0.806 bits per heavy atom. The largest absolute Gasteiger partial charge is 0.385 e. The topological polar surface area (TPSA) is 87.3 Å². The molecule has 0 radical (unpaired) electrons. The van der Waals surface area contributed by atoms with Crippen LogP contribution in [-0.2, 0) is 10.0 Å². The van der Waals surface area contributed by atoms with Gasteiger partial charge in [0.2, 0.25) is 0 Å². The second kappa shape index (κ2) is 10.1. The Bertz CT molecular complexity index is 1130. The minimum atomic E-state index is -3.69. The summed E-state index contributed by atoms with van der Waals surface area (Å²) in [6.45, 7) is 5.10. The third kappa shape index (κ3) is 6.33. The average molecular weight is 438 g/mol. The maximum atomic E-state index is 12.6. The number of hydrogen-bond acceptors (Lipinski definition) is 4. The van der Waals surface area contributed by atoms with E-state index in [9.17, 15) is 13.2 Å². The van der Waals surface area contributed by atoms with Crippen LogP contribution in [0.4, 0.5) is 11.4 Å².